The lowest BCUT2D eigenvalue weighted by molar-refractivity contribution is -0.121. The second-order valence-corrected chi connectivity index (χ2v) is 3.74. The van der Waals surface area contributed by atoms with Crippen molar-refractivity contribution >= 4 is 5.91 Å². The molecule has 0 radical (unpaired) electrons. The van der Waals surface area contributed by atoms with Crippen molar-refractivity contribution < 1.29 is 14.6 Å². The minimum Gasteiger partial charge on any atom is -0.394 e. The first-order valence-corrected chi connectivity index (χ1v) is 5.88. The van der Waals surface area contributed by atoms with E-state index in [1.807, 2.05) is 0 Å². The molecule has 1 amide bonds. The molecule has 0 aliphatic heterocycles. The molecular formula is C11H17N3O5. The highest BCUT2D eigenvalue weighted by atomic mass is 16.5. The predicted octanol–water partition coefficient (Wildman–Crippen LogP) is -1.95. The van der Waals surface area contributed by atoms with Crippen LogP contribution in [0.3, 0.4) is 0 Å². The molecule has 19 heavy (non-hydrogen) atoms. The number of H-pyrrole nitrogens is 1. The van der Waals surface area contributed by atoms with Crippen LogP contribution in [0.1, 0.15) is 6.42 Å². The Labute approximate surface area is 109 Å². The predicted molar refractivity (Wildman–Crippen MR) is 66.9 cm³/mol. The summed E-state index contributed by atoms with van der Waals surface area (Å²) in [5.74, 6) is -0.217. The molecule has 0 saturated carbocycles. The second-order valence-electron chi connectivity index (χ2n) is 3.74. The third-order valence-electron chi connectivity index (χ3n) is 2.28. The van der Waals surface area contributed by atoms with Gasteiger partial charge >= 0.3 is 5.69 Å². The van der Waals surface area contributed by atoms with Gasteiger partial charge in [0.2, 0.25) is 5.91 Å². The molecule has 106 valence electrons. The number of aliphatic hydroxyl groups excluding tert-OH is 1. The van der Waals surface area contributed by atoms with Gasteiger partial charge in [0, 0.05) is 31.8 Å². The van der Waals surface area contributed by atoms with E-state index >= 15 is 0 Å². The minimum absolute atomic E-state index is 0.0525. The van der Waals surface area contributed by atoms with Gasteiger partial charge in [-0.3, -0.25) is 14.6 Å². The SMILES string of the molecule is O=C(CCn1ccc(=O)[nH]c1=O)NCCOCCO. The Kier molecular flexibility index (Phi) is 6.55. The minimum atomic E-state index is -0.536. The number of carbonyl (C=O) groups is 1. The van der Waals surface area contributed by atoms with E-state index in [0.717, 1.165) is 0 Å². The van der Waals surface area contributed by atoms with Gasteiger partial charge in [0.1, 0.15) is 0 Å². The lowest BCUT2D eigenvalue weighted by Gasteiger charge is -2.06. The van der Waals surface area contributed by atoms with Crippen molar-refractivity contribution in [1.82, 2.24) is 14.9 Å². The summed E-state index contributed by atoms with van der Waals surface area (Å²) >= 11 is 0. The first-order valence-electron chi connectivity index (χ1n) is 5.88. The maximum atomic E-state index is 11.4. The van der Waals surface area contributed by atoms with Crippen LogP contribution in [0.15, 0.2) is 21.9 Å². The highest BCUT2D eigenvalue weighted by molar-refractivity contribution is 5.75. The number of nitrogens with one attached hydrogen (secondary N) is 2. The Morgan fingerprint density at radius 2 is 2.21 bits per heavy atom. The molecule has 0 aliphatic carbocycles. The van der Waals surface area contributed by atoms with Gasteiger partial charge in [0.05, 0.1) is 19.8 Å². The number of aromatic nitrogens is 2. The van der Waals surface area contributed by atoms with Crippen LogP contribution in [-0.4, -0.2) is 46.9 Å². The molecule has 8 heteroatoms. The van der Waals surface area contributed by atoms with E-state index < -0.39 is 11.2 Å². The Hall–Kier alpha value is -1.93. The van der Waals surface area contributed by atoms with Crippen LogP contribution in [0.5, 0.6) is 0 Å². The highest BCUT2D eigenvalue weighted by Crippen LogP contribution is 1.85. The van der Waals surface area contributed by atoms with Gasteiger partial charge < -0.3 is 19.7 Å². The van der Waals surface area contributed by atoms with Gasteiger partial charge in [-0.1, -0.05) is 0 Å². The zero-order valence-electron chi connectivity index (χ0n) is 10.4. The van der Waals surface area contributed by atoms with Crippen molar-refractivity contribution in [1.29, 1.82) is 0 Å². The van der Waals surface area contributed by atoms with E-state index in [0.29, 0.717) is 13.2 Å². The van der Waals surface area contributed by atoms with Crippen LogP contribution in [-0.2, 0) is 16.1 Å². The summed E-state index contributed by atoms with van der Waals surface area (Å²) < 4.78 is 6.22. The summed E-state index contributed by atoms with van der Waals surface area (Å²) in [5, 5.41) is 11.1. The molecular weight excluding hydrogens is 254 g/mol. The Morgan fingerprint density at radius 3 is 2.89 bits per heavy atom. The maximum absolute atomic E-state index is 11.4. The Morgan fingerprint density at radius 1 is 1.42 bits per heavy atom. The molecule has 0 bridgehead atoms. The van der Waals surface area contributed by atoms with Gasteiger partial charge in [0.15, 0.2) is 0 Å². The van der Waals surface area contributed by atoms with Crippen molar-refractivity contribution in [3.8, 4) is 0 Å². The largest absolute Gasteiger partial charge is 0.394 e. The van der Waals surface area contributed by atoms with Crippen molar-refractivity contribution in [3.05, 3.63) is 33.1 Å². The number of rotatable bonds is 8. The van der Waals surface area contributed by atoms with Crippen LogP contribution >= 0.6 is 0 Å². The standard InChI is InChI=1S/C11H17N3O5/c15-6-8-19-7-3-12-9(16)1-4-14-5-2-10(17)13-11(14)18/h2,5,15H,1,3-4,6-8H2,(H,12,16)(H,13,17,18). The lowest BCUT2D eigenvalue weighted by Crippen LogP contribution is -2.32. The average Bonchev–Trinajstić information content (AvgIpc) is 2.37. The molecule has 0 atom stereocenters. The molecule has 0 fully saturated rings. The zero-order valence-corrected chi connectivity index (χ0v) is 10.4. The number of nitrogens with zero attached hydrogens (tertiary/aromatic N) is 1. The summed E-state index contributed by atoms with van der Waals surface area (Å²) in [6, 6.07) is 1.22. The summed E-state index contributed by atoms with van der Waals surface area (Å²) in [6.07, 6.45) is 1.48. The third kappa shape index (κ3) is 5.98. The van der Waals surface area contributed by atoms with Crippen molar-refractivity contribution in [3.63, 3.8) is 0 Å². The van der Waals surface area contributed by atoms with E-state index in [-0.39, 0.29) is 32.1 Å². The first kappa shape index (κ1) is 15.1. The highest BCUT2D eigenvalue weighted by Gasteiger charge is 2.02. The van der Waals surface area contributed by atoms with E-state index in [1.165, 1.54) is 16.8 Å². The Balaban J connectivity index is 2.26. The number of hydrogen-bond donors (Lipinski definition) is 3. The van der Waals surface area contributed by atoms with Crippen LogP contribution in [0.25, 0.3) is 0 Å². The summed E-state index contributed by atoms with van der Waals surface area (Å²) in [5.41, 5.74) is -1.00. The van der Waals surface area contributed by atoms with Crippen LogP contribution in [0.4, 0.5) is 0 Å². The fraction of sp³-hybridized carbons (Fsp3) is 0.545. The fourth-order valence-corrected chi connectivity index (χ4v) is 1.36. The topological polar surface area (TPSA) is 113 Å². The summed E-state index contributed by atoms with van der Waals surface area (Å²) in [7, 11) is 0. The normalized spacial score (nSPS) is 10.4. The van der Waals surface area contributed by atoms with Crippen molar-refractivity contribution in [2.45, 2.75) is 13.0 Å². The maximum Gasteiger partial charge on any atom is 0.328 e. The molecule has 3 N–H and O–H groups in total. The van der Waals surface area contributed by atoms with Crippen LogP contribution in [0, 0.1) is 0 Å². The van der Waals surface area contributed by atoms with Gasteiger partial charge in [-0.05, 0) is 0 Å². The van der Waals surface area contributed by atoms with Crippen LogP contribution in [0.2, 0.25) is 0 Å². The molecule has 0 saturated heterocycles. The van der Waals surface area contributed by atoms with E-state index in [1.54, 1.807) is 0 Å². The van der Waals surface area contributed by atoms with E-state index in [9.17, 15) is 14.4 Å². The fourth-order valence-electron chi connectivity index (χ4n) is 1.36. The van der Waals surface area contributed by atoms with Gasteiger partial charge in [-0.2, -0.15) is 0 Å². The summed E-state index contributed by atoms with van der Waals surface area (Å²) in [4.78, 5) is 35.7. The quantitative estimate of drug-likeness (QED) is 0.476. The smallest absolute Gasteiger partial charge is 0.328 e. The van der Waals surface area contributed by atoms with Crippen molar-refractivity contribution in [2.75, 3.05) is 26.4 Å². The molecule has 0 spiro atoms. The number of aliphatic hydroxyl groups is 1. The molecule has 1 rings (SSSR count). The number of ether oxygens (including phenoxy) is 1. The molecule has 1 aromatic rings. The van der Waals surface area contributed by atoms with E-state index in [2.05, 4.69) is 10.3 Å². The molecule has 0 unspecified atom stereocenters. The number of aryl methyl sites for hydroxylation is 1. The van der Waals surface area contributed by atoms with Crippen LogP contribution < -0.4 is 16.6 Å². The number of aromatic amines is 1. The molecule has 8 nitrogen and oxygen atoms in total. The number of amides is 1. The van der Waals surface area contributed by atoms with Crippen molar-refractivity contribution in [2.24, 2.45) is 0 Å². The molecule has 0 aliphatic rings. The van der Waals surface area contributed by atoms with Gasteiger partial charge in [0.25, 0.3) is 5.56 Å². The average molecular weight is 271 g/mol. The number of hydrogen-bond acceptors (Lipinski definition) is 5. The van der Waals surface area contributed by atoms with Gasteiger partial charge in [-0.15, -0.1) is 0 Å². The molecule has 1 heterocycles. The third-order valence-corrected chi connectivity index (χ3v) is 2.28. The second kappa shape index (κ2) is 8.22. The summed E-state index contributed by atoms with van der Waals surface area (Å²) in [6.45, 7) is 1.05. The Bertz CT molecular complexity index is 508. The van der Waals surface area contributed by atoms with E-state index in [4.69, 9.17) is 9.84 Å². The van der Waals surface area contributed by atoms with Gasteiger partial charge in [-0.25, -0.2) is 4.79 Å². The zero-order chi connectivity index (χ0) is 14.1. The number of carbonyl (C=O) groups excluding carboxylic acids is 1. The molecule has 1 aromatic heterocycles. The first-order chi connectivity index (χ1) is 9.13. The lowest BCUT2D eigenvalue weighted by atomic mass is 10.4. The monoisotopic (exact) mass is 271 g/mol. The molecule has 0 aromatic carbocycles.